The molecule has 0 radical (unpaired) electrons. The Morgan fingerprint density at radius 3 is 2.08 bits per heavy atom. The molecule has 4 rings (SSSR count). The maximum atomic E-state index is 13.3. The van der Waals surface area contributed by atoms with Gasteiger partial charge in [-0.1, -0.05) is 42.5 Å². The highest BCUT2D eigenvalue weighted by atomic mass is 32.2. The first-order valence-corrected chi connectivity index (χ1v) is 15.7. The third kappa shape index (κ3) is 7.00. The zero-order valence-corrected chi connectivity index (χ0v) is 24.0. The van der Waals surface area contributed by atoms with E-state index >= 15 is 0 Å². The maximum Gasteiger partial charge on any atom is 0.243 e. The van der Waals surface area contributed by atoms with E-state index < -0.39 is 32.0 Å². The molecule has 12 heteroatoms. The van der Waals surface area contributed by atoms with Gasteiger partial charge in [-0.25, -0.2) is 16.8 Å². The number of methoxy groups -OCH3 is 2. The minimum Gasteiger partial charge on any atom is -0.493 e. The highest BCUT2D eigenvalue weighted by Gasteiger charge is 2.28. The number of carbonyl (C=O) groups is 1. The fourth-order valence-electron chi connectivity index (χ4n) is 4.45. The molecule has 1 amide bonds. The van der Waals surface area contributed by atoms with E-state index in [-0.39, 0.29) is 28.5 Å². The van der Waals surface area contributed by atoms with Crippen molar-refractivity contribution < 1.29 is 31.1 Å². The van der Waals surface area contributed by atoms with Crippen molar-refractivity contribution in [3.05, 3.63) is 83.9 Å². The Kier molecular flexibility index (Phi) is 9.46. The van der Waals surface area contributed by atoms with E-state index in [4.69, 9.17) is 9.47 Å². The minimum absolute atomic E-state index is 0.0780. The summed E-state index contributed by atoms with van der Waals surface area (Å²) in [5.41, 5.74) is 1.45. The van der Waals surface area contributed by atoms with Crippen LogP contribution in [-0.4, -0.2) is 60.4 Å². The Labute approximate surface area is 235 Å². The molecule has 1 fully saturated rings. The highest BCUT2D eigenvalue weighted by molar-refractivity contribution is 7.89. The fourth-order valence-corrected chi connectivity index (χ4v) is 7.17. The van der Waals surface area contributed by atoms with E-state index in [1.165, 1.54) is 48.9 Å². The van der Waals surface area contributed by atoms with Crippen molar-refractivity contribution in [1.82, 2.24) is 14.3 Å². The van der Waals surface area contributed by atoms with Crippen LogP contribution in [0.15, 0.2) is 82.6 Å². The van der Waals surface area contributed by atoms with Crippen molar-refractivity contribution in [2.75, 3.05) is 27.3 Å². The smallest absolute Gasteiger partial charge is 0.243 e. The van der Waals surface area contributed by atoms with Crippen molar-refractivity contribution in [1.29, 1.82) is 0 Å². The first kappa shape index (κ1) is 29.5. The molecule has 40 heavy (non-hydrogen) atoms. The molecule has 2 N–H and O–H groups in total. The summed E-state index contributed by atoms with van der Waals surface area (Å²) in [6, 6.07) is 18.5. The van der Waals surface area contributed by atoms with Crippen LogP contribution in [0.5, 0.6) is 11.5 Å². The second-order valence-corrected chi connectivity index (χ2v) is 13.0. The molecule has 10 nitrogen and oxygen atoms in total. The van der Waals surface area contributed by atoms with Crippen LogP contribution in [0.25, 0.3) is 0 Å². The second kappa shape index (κ2) is 12.8. The van der Waals surface area contributed by atoms with Gasteiger partial charge in [0, 0.05) is 25.7 Å². The molecule has 0 saturated carbocycles. The Morgan fingerprint density at radius 2 is 1.45 bits per heavy atom. The van der Waals surface area contributed by atoms with Crippen LogP contribution < -0.4 is 19.5 Å². The van der Waals surface area contributed by atoms with Crippen LogP contribution in [0.3, 0.4) is 0 Å². The van der Waals surface area contributed by atoms with Gasteiger partial charge >= 0.3 is 0 Å². The molecule has 0 aliphatic carbocycles. The predicted molar refractivity (Wildman–Crippen MR) is 150 cm³/mol. The molecule has 1 aliphatic heterocycles. The van der Waals surface area contributed by atoms with E-state index in [1.54, 1.807) is 12.1 Å². The van der Waals surface area contributed by atoms with Crippen LogP contribution in [0.1, 0.15) is 24.0 Å². The normalized spacial score (nSPS) is 14.9. The summed E-state index contributed by atoms with van der Waals surface area (Å²) < 4.78 is 66.5. The number of carbonyl (C=O) groups excluding carboxylic acids is 1. The number of benzene rings is 3. The molecule has 1 unspecified atom stereocenters. The summed E-state index contributed by atoms with van der Waals surface area (Å²) in [5, 5.41) is 2.78. The number of sulfonamides is 2. The average molecular weight is 588 g/mol. The van der Waals surface area contributed by atoms with E-state index in [0.717, 1.165) is 18.4 Å². The Hall–Kier alpha value is -3.45. The van der Waals surface area contributed by atoms with Gasteiger partial charge in [-0.3, -0.25) is 4.79 Å². The van der Waals surface area contributed by atoms with Gasteiger partial charge in [0.2, 0.25) is 26.0 Å². The number of nitrogens with zero attached hydrogens (tertiary/aromatic N) is 1. The number of ether oxygens (including phenoxy) is 2. The fraction of sp³-hybridized carbons (Fsp3) is 0.321. The summed E-state index contributed by atoms with van der Waals surface area (Å²) in [6.45, 7) is 1.12. The van der Waals surface area contributed by atoms with Crippen LogP contribution in [0.2, 0.25) is 0 Å². The standard InChI is InChI=1S/C28H33N3O7S2/c1-37-26-15-14-24(19-27(26)38-2)39(33,34)30-25(18-21-8-4-3-5-9-21)28(32)29-20-22-10-12-23(13-11-22)40(35,36)31-16-6-7-17-31/h3-5,8-15,19,25,30H,6-7,16-18,20H2,1-2H3,(H,29,32). The Morgan fingerprint density at radius 1 is 0.825 bits per heavy atom. The number of hydrogen-bond acceptors (Lipinski definition) is 7. The third-order valence-corrected chi connectivity index (χ3v) is 10.0. The van der Waals surface area contributed by atoms with Gasteiger partial charge in [0.1, 0.15) is 6.04 Å². The Balaban J connectivity index is 1.49. The lowest BCUT2D eigenvalue weighted by atomic mass is 10.1. The third-order valence-electron chi connectivity index (χ3n) is 6.65. The summed E-state index contributed by atoms with van der Waals surface area (Å²) >= 11 is 0. The topological polar surface area (TPSA) is 131 Å². The molecule has 3 aromatic rings. The molecule has 1 heterocycles. The van der Waals surface area contributed by atoms with Crippen molar-refractivity contribution in [2.24, 2.45) is 0 Å². The van der Waals surface area contributed by atoms with Gasteiger partial charge in [-0.05, 0) is 54.7 Å². The molecular formula is C28H33N3O7S2. The molecule has 214 valence electrons. The predicted octanol–water partition coefficient (Wildman–Crippen LogP) is 2.69. The van der Waals surface area contributed by atoms with Gasteiger partial charge in [0.15, 0.2) is 11.5 Å². The zero-order valence-electron chi connectivity index (χ0n) is 22.4. The van der Waals surface area contributed by atoms with E-state index in [0.29, 0.717) is 24.4 Å². The van der Waals surface area contributed by atoms with Crippen molar-refractivity contribution in [2.45, 2.75) is 41.6 Å². The number of amides is 1. The molecule has 0 bridgehead atoms. The van der Waals surface area contributed by atoms with Gasteiger partial charge < -0.3 is 14.8 Å². The van der Waals surface area contributed by atoms with Gasteiger partial charge in [0.25, 0.3) is 0 Å². The van der Waals surface area contributed by atoms with E-state index in [2.05, 4.69) is 10.0 Å². The number of nitrogens with one attached hydrogen (secondary N) is 2. The van der Waals surface area contributed by atoms with Gasteiger partial charge in [-0.2, -0.15) is 9.03 Å². The summed E-state index contributed by atoms with van der Waals surface area (Å²) in [6.07, 6.45) is 1.82. The second-order valence-electron chi connectivity index (χ2n) is 9.35. The molecule has 0 aromatic heterocycles. The van der Waals surface area contributed by atoms with E-state index in [9.17, 15) is 21.6 Å². The summed E-state index contributed by atoms with van der Waals surface area (Å²) in [4.78, 5) is 13.4. The maximum absolute atomic E-state index is 13.3. The largest absolute Gasteiger partial charge is 0.493 e. The molecule has 3 aromatic carbocycles. The quantitative estimate of drug-likeness (QED) is 0.333. The number of rotatable bonds is 12. The van der Waals surface area contributed by atoms with Crippen LogP contribution >= 0.6 is 0 Å². The molecule has 1 saturated heterocycles. The monoisotopic (exact) mass is 587 g/mol. The molecule has 1 aliphatic rings. The first-order chi connectivity index (χ1) is 19.1. The molecular weight excluding hydrogens is 554 g/mol. The van der Waals surface area contributed by atoms with E-state index in [1.807, 2.05) is 30.3 Å². The zero-order chi connectivity index (χ0) is 28.8. The highest BCUT2D eigenvalue weighted by Crippen LogP contribution is 2.29. The van der Waals surface area contributed by atoms with Crippen molar-refractivity contribution in [3.8, 4) is 11.5 Å². The molecule has 0 spiro atoms. The van der Waals surface area contributed by atoms with Crippen LogP contribution in [0, 0.1) is 0 Å². The van der Waals surface area contributed by atoms with Crippen LogP contribution in [0.4, 0.5) is 0 Å². The molecule has 1 atom stereocenters. The summed E-state index contributed by atoms with van der Waals surface area (Å²) in [5.74, 6) is 0.0885. The number of hydrogen-bond donors (Lipinski definition) is 2. The lowest BCUT2D eigenvalue weighted by Crippen LogP contribution is -2.47. The Bertz CT molecular complexity index is 1520. The van der Waals surface area contributed by atoms with Crippen molar-refractivity contribution >= 4 is 26.0 Å². The van der Waals surface area contributed by atoms with Gasteiger partial charge in [-0.15, -0.1) is 0 Å². The van der Waals surface area contributed by atoms with Crippen molar-refractivity contribution in [3.63, 3.8) is 0 Å². The lowest BCUT2D eigenvalue weighted by molar-refractivity contribution is -0.122. The average Bonchev–Trinajstić information content (AvgIpc) is 3.52. The minimum atomic E-state index is -4.11. The van der Waals surface area contributed by atoms with Crippen LogP contribution in [-0.2, 0) is 37.8 Å². The first-order valence-electron chi connectivity index (χ1n) is 12.8. The van der Waals surface area contributed by atoms with Gasteiger partial charge in [0.05, 0.1) is 24.0 Å². The lowest BCUT2D eigenvalue weighted by Gasteiger charge is -2.20. The summed E-state index contributed by atoms with van der Waals surface area (Å²) in [7, 11) is -4.80. The SMILES string of the molecule is COc1ccc(S(=O)(=O)NC(Cc2ccccc2)C(=O)NCc2ccc(S(=O)(=O)N3CCCC3)cc2)cc1OC.